The average molecular weight is 327 g/mol. The number of thioether (sulfide) groups is 1. The Balaban J connectivity index is 1.70. The fraction of sp³-hybridized carbons (Fsp3) is 0.786. The molecule has 1 aromatic rings. The van der Waals surface area contributed by atoms with Gasteiger partial charge in [0.15, 0.2) is 5.03 Å². The van der Waals surface area contributed by atoms with Crippen molar-refractivity contribution in [2.24, 2.45) is 18.4 Å². The normalized spacial score (nSPS) is 33.5. The number of nitrogens with zero attached hydrogens (tertiary/aromatic N) is 3. The summed E-state index contributed by atoms with van der Waals surface area (Å²) in [7, 11) is -1.67. The predicted octanol–water partition coefficient (Wildman–Crippen LogP) is 1.67. The maximum Gasteiger partial charge on any atom is 0.260 e. The van der Waals surface area contributed by atoms with Crippen molar-refractivity contribution in [1.82, 2.24) is 14.1 Å². The molecular formula is C14H21N3O2S2. The quantitative estimate of drug-likeness (QED) is 0.847. The molecule has 21 heavy (non-hydrogen) atoms. The van der Waals surface area contributed by atoms with E-state index in [0.717, 1.165) is 29.9 Å². The van der Waals surface area contributed by atoms with E-state index in [0.29, 0.717) is 30.0 Å². The van der Waals surface area contributed by atoms with E-state index in [9.17, 15) is 8.42 Å². The van der Waals surface area contributed by atoms with Gasteiger partial charge in [0.2, 0.25) is 0 Å². The van der Waals surface area contributed by atoms with Gasteiger partial charge >= 0.3 is 0 Å². The van der Waals surface area contributed by atoms with Crippen LogP contribution in [0.15, 0.2) is 11.2 Å². The van der Waals surface area contributed by atoms with E-state index in [4.69, 9.17) is 0 Å². The van der Waals surface area contributed by atoms with Crippen molar-refractivity contribution >= 4 is 21.8 Å². The predicted molar refractivity (Wildman–Crippen MR) is 82.9 cm³/mol. The minimum atomic E-state index is -3.42. The second-order valence-corrected chi connectivity index (χ2v) is 9.85. The highest BCUT2D eigenvalue weighted by atomic mass is 32.2. The molecule has 0 amide bonds. The number of aromatic nitrogens is 2. The molecule has 0 unspecified atom stereocenters. The third-order valence-corrected chi connectivity index (χ3v) is 8.66. The molecule has 7 heteroatoms. The molecule has 0 spiro atoms. The summed E-state index contributed by atoms with van der Waals surface area (Å²) in [5, 5.41) is 4.64. The number of hydrogen-bond acceptors (Lipinski definition) is 4. The Bertz CT molecular complexity index is 680. The molecular weight excluding hydrogens is 306 g/mol. The zero-order valence-corrected chi connectivity index (χ0v) is 14.1. The van der Waals surface area contributed by atoms with Gasteiger partial charge in [-0.15, -0.1) is 0 Å². The lowest BCUT2D eigenvalue weighted by atomic mass is 9.84. The Labute approximate surface area is 130 Å². The van der Waals surface area contributed by atoms with Crippen molar-refractivity contribution in [1.29, 1.82) is 0 Å². The number of aryl methyl sites for hydroxylation is 1. The number of hydrogen-bond donors (Lipinski definition) is 0. The topological polar surface area (TPSA) is 55.2 Å². The van der Waals surface area contributed by atoms with E-state index in [-0.39, 0.29) is 5.41 Å². The second-order valence-electron chi connectivity index (χ2n) is 6.97. The highest BCUT2D eigenvalue weighted by Gasteiger charge is 2.51. The van der Waals surface area contributed by atoms with Crippen LogP contribution in [0.5, 0.6) is 0 Å². The van der Waals surface area contributed by atoms with Gasteiger partial charge in [-0.05, 0) is 35.8 Å². The summed E-state index contributed by atoms with van der Waals surface area (Å²) in [6.07, 6.45) is 3.93. The molecule has 0 N–H and O–H groups in total. The first-order chi connectivity index (χ1) is 9.92. The lowest BCUT2D eigenvalue weighted by Crippen LogP contribution is -2.33. The van der Waals surface area contributed by atoms with Crippen LogP contribution in [-0.2, 0) is 17.1 Å². The standard InChI is InChI=1S/C14H21N3O2S2/c1-14-8-17(6-11(14)7-20-9-14)21(18,19)13-12(10-3-4-10)5-15-16(13)2/h5,10-11H,3-4,6-9H2,1-2H3/t11-,14+/m1/s1. The molecule has 2 aliphatic heterocycles. The Morgan fingerprint density at radius 3 is 2.86 bits per heavy atom. The summed E-state index contributed by atoms with van der Waals surface area (Å²) < 4.78 is 29.5. The first kappa shape index (κ1) is 14.1. The first-order valence-corrected chi connectivity index (χ1v) is 10.1. The van der Waals surface area contributed by atoms with Gasteiger partial charge in [0.05, 0.1) is 6.20 Å². The van der Waals surface area contributed by atoms with Crippen LogP contribution in [0.2, 0.25) is 0 Å². The zero-order valence-electron chi connectivity index (χ0n) is 12.4. The molecule has 0 radical (unpaired) electrons. The Morgan fingerprint density at radius 2 is 2.19 bits per heavy atom. The lowest BCUT2D eigenvalue weighted by molar-refractivity contribution is 0.334. The number of rotatable bonds is 3. The van der Waals surface area contributed by atoms with Gasteiger partial charge in [0, 0.05) is 31.5 Å². The Hall–Kier alpha value is -0.530. The second kappa shape index (κ2) is 4.49. The summed E-state index contributed by atoms with van der Waals surface area (Å²) in [6.45, 7) is 3.56. The average Bonchev–Trinajstić information content (AvgIpc) is 2.95. The van der Waals surface area contributed by atoms with Gasteiger partial charge in [-0.2, -0.15) is 21.2 Å². The van der Waals surface area contributed by atoms with Crippen molar-refractivity contribution < 1.29 is 8.42 Å². The molecule has 116 valence electrons. The van der Waals surface area contributed by atoms with Crippen LogP contribution >= 0.6 is 11.8 Å². The van der Waals surface area contributed by atoms with E-state index < -0.39 is 10.0 Å². The summed E-state index contributed by atoms with van der Waals surface area (Å²) in [5.74, 6) is 3.06. The monoisotopic (exact) mass is 327 g/mol. The molecule has 0 bridgehead atoms. The minimum absolute atomic E-state index is 0.149. The lowest BCUT2D eigenvalue weighted by Gasteiger charge is -2.22. The van der Waals surface area contributed by atoms with E-state index >= 15 is 0 Å². The summed E-state index contributed by atoms with van der Waals surface area (Å²) in [4.78, 5) is 0. The minimum Gasteiger partial charge on any atom is -0.256 e. The van der Waals surface area contributed by atoms with Crippen molar-refractivity contribution in [3.05, 3.63) is 11.8 Å². The molecule has 5 nitrogen and oxygen atoms in total. The maximum atomic E-state index is 13.1. The highest BCUT2D eigenvalue weighted by molar-refractivity contribution is 7.99. The maximum absolute atomic E-state index is 13.1. The molecule has 2 atom stereocenters. The van der Waals surface area contributed by atoms with Crippen molar-refractivity contribution in [3.63, 3.8) is 0 Å². The van der Waals surface area contributed by atoms with Gasteiger partial charge < -0.3 is 0 Å². The van der Waals surface area contributed by atoms with E-state index in [1.165, 1.54) is 0 Å². The van der Waals surface area contributed by atoms with E-state index in [2.05, 4.69) is 12.0 Å². The van der Waals surface area contributed by atoms with Gasteiger partial charge in [0.1, 0.15) is 0 Å². The van der Waals surface area contributed by atoms with Gasteiger partial charge in [0.25, 0.3) is 10.0 Å². The Kier molecular flexibility index (Phi) is 3.01. The number of fused-ring (bicyclic) bond motifs is 1. The van der Waals surface area contributed by atoms with Crippen molar-refractivity contribution in [2.45, 2.75) is 30.7 Å². The van der Waals surface area contributed by atoms with Crippen LogP contribution < -0.4 is 0 Å². The fourth-order valence-electron chi connectivity index (χ4n) is 3.65. The molecule has 1 saturated carbocycles. The van der Waals surface area contributed by atoms with Crippen LogP contribution in [0.3, 0.4) is 0 Å². The largest absolute Gasteiger partial charge is 0.260 e. The van der Waals surface area contributed by atoms with E-state index in [1.807, 2.05) is 11.8 Å². The van der Waals surface area contributed by atoms with Gasteiger partial charge in [-0.1, -0.05) is 6.92 Å². The van der Waals surface area contributed by atoms with Crippen molar-refractivity contribution in [3.8, 4) is 0 Å². The van der Waals surface area contributed by atoms with Crippen LogP contribution in [0.1, 0.15) is 31.2 Å². The smallest absolute Gasteiger partial charge is 0.256 e. The van der Waals surface area contributed by atoms with Crippen LogP contribution in [0, 0.1) is 11.3 Å². The molecule has 3 heterocycles. The molecule has 3 aliphatic rings. The van der Waals surface area contributed by atoms with Crippen LogP contribution in [-0.4, -0.2) is 47.1 Å². The molecule has 1 aromatic heterocycles. The SMILES string of the molecule is Cn1ncc(C2CC2)c1S(=O)(=O)N1C[C@@H]2CSC[C@]2(C)C1. The molecule has 0 aromatic carbocycles. The molecule has 1 aliphatic carbocycles. The van der Waals surface area contributed by atoms with Gasteiger partial charge in [-0.3, -0.25) is 4.68 Å². The fourth-order valence-corrected chi connectivity index (χ4v) is 7.34. The van der Waals surface area contributed by atoms with Crippen LogP contribution in [0.4, 0.5) is 0 Å². The molecule has 3 fully saturated rings. The third kappa shape index (κ3) is 2.08. The zero-order chi connectivity index (χ0) is 14.8. The summed E-state index contributed by atoms with van der Waals surface area (Å²) >= 11 is 1.96. The van der Waals surface area contributed by atoms with E-state index in [1.54, 1.807) is 22.2 Å². The van der Waals surface area contributed by atoms with Crippen LogP contribution in [0.25, 0.3) is 0 Å². The van der Waals surface area contributed by atoms with Crippen molar-refractivity contribution in [2.75, 3.05) is 24.6 Å². The first-order valence-electron chi connectivity index (χ1n) is 7.51. The third-order valence-electron chi connectivity index (χ3n) is 5.21. The Morgan fingerprint density at radius 1 is 1.43 bits per heavy atom. The summed E-state index contributed by atoms with van der Waals surface area (Å²) in [6, 6.07) is 0. The molecule has 2 saturated heterocycles. The van der Waals surface area contributed by atoms with Gasteiger partial charge in [-0.25, -0.2) is 8.42 Å². The number of sulfonamides is 1. The summed E-state index contributed by atoms with van der Waals surface area (Å²) in [5.41, 5.74) is 1.07. The highest BCUT2D eigenvalue weighted by Crippen LogP contribution is 2.48. The molecule has 4 rings (SSSR count).